The second kappa shape index (κ2) is 6.17. The Labute approximate surface area is 145 Å². The standard InChI is InChI=1S/C20H29N3O/c1-18(2,3)15-10-14(17(24)16(11-15)19(4,5)6)12-23-20(21)8-7-9-22-13-20/h7-12,24H,13,21H2,1-6H3/b23-12+. The van der Waals surface area contributed by atoms with Crippen molar-refractivity contribution in [3.63, 3.8) is 0 Å². The molecule has 1 aliphatic heterocycles. The molecule has 4 nitrogen and oxygen atoms in total. The number of allylic oxidation sites excluding steroid dienone is 1. The van der Waals surface area contributed by atoms with Crippen molar-refractivity contribution in [1.29, 1.82) is 0 Å². The second-order valence-corrected chi connectivity index (χ2v) is 8.56. The summed E-state index contributed by atoms with van der Waals surface area (Å²) in [7, 11) is 0. The summed E-state index contributed by atoms with van der Waals surface area (Å²) in [6.07, 6.45) is 7.01. The van der Waals surface area contributed by atoms with Gasteiger partial charge in [0, 0.05) is 23.6 Å². The van der Waals surface area contributed by atoms with Gasteiger partial charge in [-0.3, -0.25) is 9.98 Å². The molecule has 1 aromatic rings. The molecule has 0 aliphatic carbocycles. The molecule has 0 saturated heterocycles. The van der Waals surface area contributed by atoms with Crippen LogP contribution >= 0.6 is 0 Å². The fourth-order valence-corrected chi connectivity index (χ4v) is 2.56. The first-order chi connectivity index (χ1) is 10.9. The van der Waals surface area contributed by atoms with E-state index in [1.54, 1.807) is 18.5 Å². The van der Waals surface area contributed by atoms with Gasteiger partial charge in [0.05, 0.1) is 6.54 Å². The van der Waals surface area contributed by atoms with Crippen LogP contribution in [0.5, 0.6) is 5.75 Å². The summed E-state index contributed by atoms with van der Waals surface area (Å²) in [4.78, 5) is 8.65. The molecule has 0 bridgehead atoms. The Morgan fingerprint density at radius 3 is 2.33 bits per heavy atom. The summed E-state index contributed by atoms with van der Waals surface area (Å²) in [6.45, 7) is 13.2. The number of hydrogen-bond acceptors (Lipinski definition) is 4. The van der Waals surface area contributed by atoms with Crippen LogP contribution in [0.2, 0.25) is 0 Å². The van der Waals surface area contributed by atoms with Gasteiger partial charge in [-0.15, -0.1) is 0 Å². The van der Waals surface area contributed by atoms with E-state index >= 15 is 0 Å². The van der Waals surface area contributed by atoms with Crippen molar-refractivity contribution in [2.24, 2.45) is 15.7 Å². The van der Waals surface area contributed by atoms with Crippen LogP contribution in [0.25, 0.3) is 0 Å². The topological polar surface area (TPSA) is 71.0 Å². The first-order valence-electron chi connectivity index (χ1n) is 8.32. The highest BCUT2D eigenvalue weighted by Gasteiger charge is 2.25. The van der Waals surface area contributed by atoms with Gasteiger partial charge in [-0.05, 0) is 34.6 Å². The van der Waals surface area contributed by atoms with Crippen molar-refractivity contribution >= 4 is 12.4 Å². The smallest absolute Gasteiger partial charge is 0.146 e. The lowest BCUT2D eigenvalue weighted by atomic mass is 9.79. The summed E-state index contributed by atoms with van der Waals surface area (Å²) in [5.41, 5.74) is 7.97. The fourth-order valence-electron chi connectivity index (χ4n) is 2.56. The van der Waals surface area contributed by atoms with E-state index in [9.17, 15) is 5.11 Å². The Bertz CT molecular complexity index is 703. The van der Waals surface area contributed by atoms with Crippen LogP contribution in [0.3, 0.4) is 0 Å². The third-order valence-corrected chi connectivity index (χ3v) is 4.18. The number of aliphatic imine (C=N–C) groups is 2. The highest BCUT2D eigenvalue weighted by molar-refractivity contribution is 5.85. The van der Waals surface area contributed by atoms with Crippen molar-refractivity contribution in [3.05, 3.63) is 41.0 Å². The van der Waals surface area contributed by atoms with Gasteiger partial charge in [0.1, 0.15) is 11.4 Å². The van der Waals surface area contributed by atoms with Crippen LogP contribution in [0.1, 0.15) is 58.2 Å². The zero-order valence-electron chi connectivity index (χ0n) is 15.6. The van der Waals surface area contributed by atoms with Crippen molar-refractivity contribution in [3.8, 4) is 5.75 Å². The molecule has 1 atom stereocenters. The Balaban J connectivity index is 2.53. The number of phenols is 1. The summed E-state index contributed by atoms with van der Waals surface area (Å²) in [5, 5.41) is 10.7. The van der Waals surface area contributed by atoms with E-state index < -0.39 is 5.66 Å². The van der Waals surface area contributed by atoms with Gasteiger partial charge in [0.2, 0.25) is 0 Å². The number of aromatic hydroxyl groups is 1. The number of hydrogen-bond donors (Lipinski definition) is 2. The van der Waals surface area contributed by atoms with Crippen molar-refractivity contribution < 1.29 is 5.11 Å². The van der Waals surface area contributed by atoms with E-state index in [0.29, 0.717) is 12.1 Å². The highest BCUT2D eigenvalue weighted by Crippen LogP contribution is 2.37. The molecule has 0 aromatic heterocycles. The molecule has 2 rings (SSSR count). The molecule has 130 valence electrons. The maximum Gasteiger partial charge on any atom is 0.146 e. The number of phenolic OH excluding ortho intramolecular Hbond substituents is 1. The van der Waals surface area contributed by atoms with E-state index in [1.165, 1.54) is 0 Å². The fraction of sp³-hybridized carbons (Fsp3) is 0.500. The minimum Gasteiger partial charge on any atom is -0.507 e. The Morgan fingerprint density at radius 2 is 1.83 bits per heavy atom. The van der Waals surface area contributed by atoms with Crippen molar-refractivity contribution in [2.75, 3.05) is 6.54 Å². The molecule has 0 amide bonds. The molecular formula is C20H29N3O. The maximum absolute atomic E-state index is 10.7. The summed E-state index contributed by atoms with van der Waals surface area (Å²) >= 11 is 0. The van der Waals surface area contributed by atoms with E-state index in [-0.39, 0.29) is 16.6 Å². The van der Waals surface area contributed by atoms with Crippen LogP contribution in [0, 0.1) is 0 Å². The first-order valence-corrected chi connectivity index (χ1v) is 8.32. The number of rotatable bonds is 2. The average Bonchev–Trinajstić information content (AvgIpc) is 2.44. The lowest BCUT2D eigenvalue weighted by Gasteiger charge is -2.27. The third-order valence-electron chi connectivity index (χ3n) is 4.18. The predicted octanol–water partition coefficient (Wildman–Crippen LogP) is 3.70. The zero-order chi connectivity index (χ0) is 18.2. The van der Waals surface area contributed by atoms with Gasteiger partial charge in [-0.1, -0.05) is 47.6 Å². The van der Waals surface area contributed by atoms with Gasteiger partial charge >= 0.3 is 0 Å². The molecule has 0 radical (unpaired) electrons. The number of nitrogens with zero attached hydrogens (tertiary/aromatic N) is 2. The zero-order valence-corrected chi connectivity index (χ0v) is 15.6. The van der Waals surface area contributed by atoms with Crippen LogP contribution in [-0.4, -0.2) is 29.7 Å². The molecule has 0 fully saturated rings. The molecule has 1 heterocycles. The number of dihydropyridines is 1. The third kappa shape index (κ3) is 4.12. The number of benzene rings is 1. The first kappa shape index (κ1) is 18.4. The Kier molecular flexibility index (Phi) is 4.73. The van der Waals surface area contributed by atoms with Gasteiger partial charge < -0.3 is 10.8 Å². The lowest BCUT2D eigenvalue weighted by molar-refractivity contribution is 0.443. The maximum atomic E-state index is 10.7. The quantitative estimate of drug-likeness (QED) is 0.813. The lowest BCUT2D eigenvalue weighted by Crippen LogP contribution is -2.40. The van der Waals surface area contributed by atoms with Gasteiger partial charge in [-0.2, -0.15) is 0 Å². The molecule has 3 N–H and O–H groups in total. The highest BCUT2D eigenvalue weighted by atomic mass is 16.3. The molecule has 1 unspecified atom stereocenters. The minimum absolute atomic E-state index is 0.0221. The Hall–Kier alpha value is -1.94. The normalized spacial score (nSPS) is 21.6. The monoisotopic (exact) mass is 327 g/mol. The van der Waals surface area contributed by atoms with Crippen LogP contribution in [0.4, 0.5) is 0 Å². The molecule has 0 spiro atoms. The largest absolute Gasteiger partial charge is 0.507 e. The van der Waals surface area contributed by atoms with Crippen LogP contribution < -0.4 is 5.73 Å². The van der Waals surface area contributed by atoms with Crippen molar-refractivity contribution in [2.45, 2.75) is 58.0 Å². The van der Waals surface area contributed by atoms with Crippen LogP contribution in [0.15, 0.2) is 34.3 Å². The second-order valence-electron chi connectivity index (χ2n) is 8.56. The average molecular weight is 327 g/mol. The Morgan fingerprint density at radius 1 is 1.17 bits per heavy atom. The summed E-state index contributed by atoms with van der Waals surface area (Å²) in [5.74, 6) is 0.270. The summed E-state index contributed by atoms with van der Waals surface area (Å²) < 4.78 is 0. The minimum atomic E-state index is -0.846. The SMILES string of the molecule is CC(C)(C)c1cc(/C=N/C2(N)C=CC=NC2)c(O)c(C(C)(C)C)c1. The predicted molar refractivity (Wildman–Crippen MR) is 103 cm³/mol. The van der Waals surface area contributed by atoms with Gasteiger partial charge in [-0.25, -0.2) is 0 Å². The van der Waals surface area contributed by atoms with E-state index in [2.05, 4.69) is 57.6 Å². The van der Waals surface area contributed by atoms with E-state index in [1.807, 2.05) is 12.1 Å². The molecule has 0 saturated carbocycles. The summed E-state index contributed by atoms with van der Waals surface area (Å²) in [6, 6.07) is 4.09. The van der Waals surface area contributed by atoms with Gasteiger partial charge in [0.25, 0.3) is 0 Å². The molecule has 1 aliphatic rings. The molecule has 1 aromatic carbocycles. The number of nitrogens with two attached hydrogens (primary N) is 1. The van der Waals surface area contributed by atoms with Crippen LogP contribution in [-0.2, 0) is 10.8 Å². The molecule has 4 heteroatoms. The van der Waals surface area contributed by atoms with Crippen molar-refractivity contribution in [1.82, 2.24) is 0 Å². The van der Waals surface area contributed by atoms with Gasteiger partial charge in [0.15, 0.2) is 0 Å². The molecule has 24 heavy (non-hydrogen) atoms. The molecular weight excluding hydrogens is 298 g/mol. The van der Waals surface area contributed by atoms with E-state index in [4.69, 9.17) is 5.73 Å². The van der Waals surface area contributed by atoms with E-state index in [0.717, 1.165) is 11.1 Å².